The van der Waals surface area contributed by atoms with Gasteiger partial charge in [-0.15, -0.1) is 0 Å². The Morgan fingerprint density at radius 3 is 2.79 bits per heavy atom. The number of amides is 2. The lowest BCUT2D eigenvalue weighted by atomic mass is 9.43. The number of benzene rings is 1. The van der Waals surface area contributed by atoms with Crippen molar-refractivity contribution in [2.45, 2.75) is 50.5 Å². The van der Waals surface area contributed by atoms with Gasteiger partial charge in [0, 0.05) is 17.3 Å². The Morgan fingerprint density at radius 1 is 1.12 bits per heavy atom. The van der Waals surface area contributed by atoms with E-state index in [-0.39, 0.29) is 11.6 Å². The lowest BCUT2D eigenvalue weighted by Gasteiger charge is -2.65. The van der Waals surface area contributed by atoms with Crippen molar-refractivity contribution in [1.82, 2.24) is 5.32 Å². The molecule has 0 aromatic heterocycles. The quantitative estimate of drug-likeness (QED) is 0.870. The number of urea groups is 1. The molecule has 4 aliphatic carbocycles. The molecule has 4 fully saturated rings. The molecule has 2 N–H and O–H groups in total. The van der Waals surface area contributed by atoms with Crippen molar-refractivity contribution < 1.29 is 14.3 Å². The van der Waals surface area contributed by atoms with E-state index >= 15 is 0 Å². The minimum atomic E-state index is -0.0958. The fourth-order valence-electron chi connectivity index (χ4n) is 5.82. The molecule has 1 aliphatic heterocycles. The number of carbonyl (C=O) groups is 1. The van der Waals surface area contributed by atoms with Crippen molar-refractivity contribution in [2.75, 3.05) is 18.5 Å². The first-order valence-electron chi connectivity index (χ1n) is 9.13. The Balaban J connectivity index is 1.25. The number of anilines is 1. The molecule has 5 nitrogen and oxygen atoms in total. The van der Waals surface area contributed by atoms with Gasteiger partial charge >= 0.3 is 6.03 Å². The lowest BCUT2D eigenvalue weighted by Crippen LogP contribution is -2.67. The molecule has 1 unspecified atom stereocenters. The number of carbonyl (C=O) groups excluding carboxylic acids is 1. The van der Waals surface area contributed by atoms with E-state index in [1.54, 1.807) is 0 Å². The molecule has 1 spiro atoms. The Morgan fingerprint density at radius 2 is 1.96 bits per heavy atom. The van der Waals surface area contributed by atoms with E-state index in [1.165, 1.54) is 38.5 Å². The zero-order valence-electron chi connectivity index (χ0n) is 13.9. The summed E-state index contributed by atoms with van der Waals surface area (Å²) in [5.41, 5.74) is 1.34. The molecule has 2 amide bonds. The molecule has 4 saturated carbocycles. The predicted octanol–water partition coefficient (Wildman–Crippen LogP) is 3.69. The topological polar surface area (TPSA) is 59.6 Å². The fraction of sp³-hybridized carbons (Fsp3) is 0.632. The summed E-state index contributed by atoms with van der Waals surface area (Å²) in [5.74, 6) is 2.26. The summed E-state index contributed by atoms with van der Waals surface area (Å²) in [6.45, 7) is 1.13. The standard InChI is InChI=1S/C19H24N2O3/c22-17(20-14-3-4-15-16(8-14)24-7-6-23-15)21-19-10-13-2-1-5-18(9-13,11-19)12-19/h3-4,8,13H,1-2,5-7,9-12H2,(H2,20,21,22). The first-order valence-corrected chi connectivity index (χ1v) is 9.13. The molecule has 5 aliphatic rings. The van der Waals surface area contributed by atoms with Crippen LogP contribution in [0.4, 0.5) is 10.5 Å². The average molecular weight is 328 g/mol. The second-order valence-electron chi connectivity index (χ2n) is 8.24. The Kier molecular flexibility index (Phi) is 3.03. The van der Waals surface area contributed by atoms with Gasteiger partial charge in [-0.3, -0.25) is 0 Å². The van der Waals surface area contributed by atoms with Crippen LogP contribution in [0.25, 0.3) is 0 Å². The maximum Gasteiger partial charge on any atom is 0.319 e. The third-order valence-corrected chi connectivity index (χ3v) is 6.33. The van der Waals surface area contributed by atoms with Crippen molar-refractivity contribution in [3.8, 4) is 11.5 Å². The number of ether oxygens (including phenoxy) is 2. The van der Waals surface area contributed by atoms with Gasteiger partial charge in [0.15, 0.2) is 11.5 Å². The normalized spacial score (nSPS) is 35.6. The first-order chi connectivity index (χ1) is 11.6. The van der Waals surface area contributed by atoms with E-state index in [0.29, 0.717) is 24.4 Å². The van der Waals surface area contributed by atoms with Gasteiger partial charge in [0.2, 0.25) is 0 Å². The highest BCUT2D eigenvalue weighted by Gasteiger charge is 2.61. The summed E-state index contributed by atoms with van der Waals surface area (Å²) in [5, 5.41) is 6.26. The number of fused-ring (bicyclic) bond motifs is 1. The average Bonchev–Trinajstić information content (AvgIpc) is 2.53. The molecule has 24 heavy (non-hydrogen) atoms. The van der Waals surface area contributed by atoms with Crippen molar-refractivity contribution in [3.05, 3.63) is 18.2 Å². The molecular formula is C19H24N2O3. The smallest absolute Gasteiger partial charge is 0.319 e. The fourth-order valence-corrected chi connectivity index (χ4v) is 5.82. The molecule has 5 heteroatoms. The second kappa shape index (κ2) is 5.04. The molecule has 0 saturated heterocycles. The maximum absolute atomic E-state index is 12.5. The molecule has 128 valence electrons. The van der Waals surface area contributed by atoms with Crippen LogP contribution in [0.3, 0.4) is 0 Å². The van der Waals surface area contributed by atoms with E-state index in [0.717, 1.165) is 23.8 Å². The van der Waals surface area contributed by atoms with Crippen molar-refractivity contribution in [2.24, 2.45) is 11.3 Å². The van der Waals surface area contributed by atoms with Gasteiger partial charge in [0.05, 0.1) is 0 Å². The molecular weight excluding hydrogens is 304 g/mol. The van der Waals surface area contributed by atoms with Crippen LogP contribution in [-0.4, -0.2) is 24.8 Å². The van der Waals surface area contributed by atoms with Gasteiger partial charge in [0.25, 0.3) is 0 Å². The number of rotatable bonds is 2. The van der Waals surface area contributed by atoms with Crippen molar-refractivity contribution in [3.63, 3.8) is 0 Å². The van der Waals surface area contributed by atoms with Crippen LogP contribution < -0.4 is 20.1 Å². The lowest BCUT2D eigenvalue weighted by molar-refractivity contribution is -0.102. The van der Waals surface area contributed by atoms with Gasteiger partial charge in [0.1, 0.15) is 13.2 Å². The number of hydrogen-bond donors (Lipinski definition) is 2. The van der Waals surface area contributed by atoms with Gasteiger partial charge in [-0.25, -0.2) is 4.79 Å². The van der Waals surface area contributed by atoms with Crippen LogP contribution in [0.5, 0.6) is 11.5 Å². The number of hydrogen-bond acceptors (Lipinski definition) is 3. The van der Waals surface area contributed by atoms with Crippen LogP contribution in [-0.2, 0) is 0 Å². The van der Waals surface area contributed by atoms with Crippen LogP contribution in [0, 0.1) is 11.3 Å². The SMILES string of the molecule is O=C(Nc1ccc2c(c1)OCCO2)NC12CC3CCCC(C3)(C1)C2. The van der Waals surface area contributed by atoms with E-state index in [1.807, 2.05) is 18.2 Å². The molecule has 3 bridgehead atoms. The van der Waals surface area contributed by atoms with Crippen molar-refractivity contribution in [1.29, 1.82) is 0 Å². The first kappa shape index (κ1) is 14.4. The molecule has 1 atom stereocenters. The summed E-state index contributed by atoms with van der Waals surface area (Å²) in [6.07, 6.45) is 8.97. The monoisotopic (exact) mass is 328 g/mol. The van der Waals surface area contributed by atoms with E-state index in [9.17, 15) is 4.79 Å². The molecule has 0 radical (unpaired) electrons. The molecule has 6 rings (SSSR count). The van der Waals surface area contributed by atoms with Gasteiger partial charge in [-0.2, -0.15) is 0 Å². The summed E-state index contributed by atoms with van der Waals surface area (Å²) < 4.78 is 11.1. The van der Waals surface area contributed by atoms with Gasteiger partial charge in [-0.05, 0) is 55.6 Å². The molecule has 1 aromatic rings. The zero-order chi connectivity index (χ0) is 16.2. The highest BCUT2D eigenvalue weighted by atomic mass is 16.6. The number of nitrogens with one attached hydrogen (secondary N) is 2. The van der Waals surface area contributed by atoms with Crippen LogP contribution in [0.1, 0.15) is 44.9 Å². The van der Waals surface area contributed by atoms with Gasteiger partial charge < -0.3 is 20.1 Å². The third kappa shape index (κ3) is 2.33. The van der Waals surface area contributed by atoms with E-state index < -0.39 is 0 Å². The van der Waals surface area contributed by atoms with Gasteiger partial charge in [-0.1, -0.05) is 12.8 Å². The second-order valence-corrected chi connectivity index (χ2v) is 8.24. The predicted molar refractivity (Wildman–Crippen MR) is 90.6 cm³/mol. The van der Waals surface area contributed by atoms with E-state index in [2.05, 4.69) is 10.6 Å². The Bertz CT molecular complexity index is 676. The van der Waals surface area contributed by atoms with Crippen LogP contribution >= 0.6 is 0 Å². The summed E-state index contributed by atoms with van der Waals surface area (Å²) in [4.78, 5) is 12.5. The highest BCUT2D eigenvalue weighted by molar-refractivity contribution is 5.90. The van der Waals surface area contributed by atoms with Crippen LogP contribution in [0.2, 0.25) is 0 Å². The van der Waals surface area contributed by atoms with E-state index in [4.69, 9.17) is 9.47 Å². The Labute approximate surface area is 142 Å². The van der Waals surface area contributed by atoms with Crippen LogP contribution in [0.15, 0.2) is 18.2 Å². The summed E-state index contributed by atoms with van der Waals surface area (Å²) in [6, 6.07) is 5.46. The Hall–Kier alpha value is -1.91. The highest BCUT2D eigenvalue weighted by Crippen LogP contribution is 2.65. The summed E-state index contributed by atoms with van der Waals surface area (Å²) >= 11 is 0. The minimum Gasteiger partial charge on any atom is -0.486 e. The minimum absolute atomic E-state index is 0.0429. The maximum atomic E-state index is 12.5. The summed E-state index contributed by atoms with van der Waals surface area (Å²) in [7, 11) is 0. The molecule has 1 aromatic carbocycles. The largest absolute Gasteiger partial charge is 0.486 e. The zero-order valence-corrected chi connectivity index (χ0v) is 13.9. The molecule has 1 heterocycles. The third-order valence-electron chi connectivity index (χ3n) is 6.33. The van der Waals surface area contributed by atoms with Crippen molar-refractivity contribution >= 4 is 11.7 Å².